The summed E-state index contributed by atoms with van der Waals surface area (Å²) in [7, 11) is 0. The number of rotatable bonds is 2. The van der Waals surface area contributed by atoms with E-state index in [1.165, 1.54) is 0 Å². The summed E-state index contributed by atoms with van der Waals surface area (Å²) in [4.78, 5) is 0. The summed E-state index contributed by atoms with van der Waals surface area (Å²) in [5.74, 6) is 0. The van der Waals surface area contributed by atoms with Crippen molar-refractivity contribution in [3.63, 3.8) is 0 Å². The highest BCUT2D eigenvalue weighted by Crippen LogP contribution is 2.39. The van der Waals surface area contributed by atoms with Gasteiger partial charge in [0.1, 0.15) is 5.54 Å². The fourth-order valence-corrected chi connectivity index (χ4v) is 3.46. The molecule has 0 aromatic heterocycles. The summed E-state index contributed by atoms with van der Waals surface area (Å²) in [5.41, 5.74) is 0.889. The minimum Gasteiger partial charge on any atom is -0.622 e. The standard InChI is InChI=1S/C17H16Cl2N2O2/c1-17(2)15(11-6-4-3-5-7-11)20(22)16(21(17)23)13-9-8-12(18)10-14(13)19/h3-10,16,23H,1-2H3/t16-/m0/s1. The molecule has 1 aliphatic heterocycles. The third kappa shape index (κ3) is 2.62. The third-order valence-corrected chi connectivity index (χ3v) is 4.68. The van der Waals surface area contributed by atoms with E-state index in [-0.39, 0.29) is 0 Å². The van der Waals surface area contributed by atoms with E-state index in [1.54, 1.807) is 32.0 Å². The second-order valence-electron chi connectivity index (χ2n) is 5.98. The maximum Gasteiger partial charge on any atom is 0.269 e. The Morgan fingerprint density at radius 3 is 2.39 bits per heavy atom. The van der Waals surface area contributed by atoms with Crippen molar-refractivity contribution in [1.82, 2.24) is 5.06 Å². The molecule has 3 rings (SSSR count). The number of hydrogen-bond donors (Lipinski definition) is 1. The Balaban J connectivity index is 2.17. The van der Waals surface area contributed by atoms with E-state index in [2.05, 4.69) is 0 Å². The molecule has 0 amide bonds. The lowest BCUT2D eigenvalue weighted by Gasteiger charge is -2.26. The van der Waals surface area contributed by atoms with Crippen LogP contribution in [0.5, 0.6) is 0 Å². The topological polar surface area (TPSA) is 49.5 Å². The van der Waals surface area contributed by atoms with Crippen LogP contribution in [-0.2, 0) is 0 Å². The van der Waals surface area contributed by atoms with Crippen LogP contribution in [0.25, 0.3) is 0 Å². The second kappa shape index (κ2) is 5.80. The van der Waals surface area contributed by atoms with E-state index in [0.29, 0.717) is 21.3 Å². The first-order chi connectivity index (χ1) is 10.8. The molecular formula is C17H16Cl2N2O2. The average molecular weight is 351 g/mol. The molecule has 120 valence electrons. The molecule has 2 aromatic rings. The summed E-state index contributed by atoms with van der Waals surface area (Å²) in [6.07, 6.45) is -0.926. The largest absolute Gasteiger partial charge is 0.622 e. The van der Waals surface area contributed by atoms with Crippen molar-refractivity contribution in [3.8, 4) is 0 Å². The van der Waals surface area contributed by atoms with Gasteiger partial charge < -0.3 is 10.4 Å². The van der Waals surface area contributed by atoms with Crippen LogP contribution in [0.1, 0.15) is 31.1 Å². The molecule has 0 bridgehead atoms. The fourth-order valence-electron chi connectivity index (χ4n) is 2.95. The van der Waals surface area contributed by atoms with E-state index in [1.807, 2.05) is 30.3 Å². The van der Waals surface area contributed by atoms with E-state index in [4.69, 9.17) is 23.2 Å². The van der Waals surface area contributed by atoms with Gasteiger partial charge in [0.2, 0.25) is 5.71 Å². The quantitative estimate of drug-likeness (QED) is 0.641. The predicted molar refractivity (Wildman–Crippen MR) is 91.1 cm³/mol. The number of halogens is 2. The number of hydroxylamine groups is 3. The zero-order chi connectivity index (χ0) is 16.8. The van der Waals surface area contributed by atoms with Crippen LogP contribution in [0.2, 0.25) is 10.0 Å². The summed E-state index contributed by atoms with van der Waals surface area (Å²) in [6.45, 7) is 3.59. The minimum atomic E-state index is -0.926. The van der Waals surface area contributed by atoms with Crippen molar-refractivity contribution in [2.24, 2.45) is 0 Å². The molecule has 0 fully saturated rings. The molecule has 1 atom stereocenters. The molecular weight excluding hydrogens is 335 g/mol. The lowest BCUT2D eigenvalue weighted by molar-refractivity contribution is -0.544. The third-order valence-electron chi connectivity index (χ3n) is 4.11. The number of benzene rings is 2. The molecule has 0 unspecified atom stereocenters. The first kappa shape index (κ1) is 16.3. The maximum absolute atomic E-state index is 13.0. The fraction of sp³-hybridized carbons (Fsp3) is 0.235. The van der Waals surface area contributed by atoms with Crippen molar-refractivity contribution in [2.45, 2.75) is 25.6 Å². The Hall–Kier alpha value is -1.59. The maximum atomic E-state index is 13.0. The Kier molecular flexibility index (Phi) is 4.10. The Bertz CT molecular complexity index is 775. The summed E-state index contributed by atoms with van der Waals surface area (Å²) in [6, 6.07) is 14.2. The van der Waals surface area contributed by atoms with Gasteiger partial charge in [0.05, 0.1) is 10.6 Å². The van der Waals surface area contributed by atoms with Crippen LogP contribution < -0.4 is 0 Å². The molecule has 0 saturated carbocycles. The van der Waals surface area contributed by atoms with Crippen molar-refractivity contribution < 1.29 is 9.95 Å². The molecule has 0 aliphatic carbocycles. The minimum absolute atomic E-state index is 0.340. The predicted octanol–water partition coefficient (Wildman–Crippen LogP) is 4.48. The number of nitrogens with zero attached hydrogens (tertiary/aromatic N) is 2. The molecule has 2 aromatic carbocycles. The van der Waals surface area contributed by atoms with Gasteiger partial charge in [-0.05, 0) is 44.2 Å². The van der Waals surface area contributed by atoms with E-state index < -0.39 is 11.7 Å². The van der Waals surface area contributed by atoms with Gasteiger partial charge in [-0.1, -0.05) is 41.4 Å². The molecule has 1 N–H and O–H groups in total. The van der Waals surface area contributed by atoms with Crippen LogP contribution in [0.4, 0.5) is 0 Å². The molecule has 4 nitrogen and oxygen atoms in total. The van der Waals surface area contributed by atoms with E-state index >= 15 is 0 Å². The van der Waals surface area contributed by atoms with Crippen molar-refractivity contribution in [2.75, 3.05) is 0 Å². The first-order valence-electron chi connectivity index (χ1n) is 7.16. The highest BCUT2D eigenvalue weighted by atomic mass is 35.5. The summed E-state index contributed by atoms with van der Waals surface area (Å²) >= 11 is 12.1. The Morgan fingerprint density at radius 1 is 1.13 bits per heavy atom. The van der Waals surface area contributed by atoms with Gasteiger partial charge in [-0.15, -0.1) is 5.06 Å². The summed E-state index contributed by atoms with van der Waals surface area (Å²) < 4.78 is 0.810. The highest BCUT2D eigenvalue weighted by Gasteiger charge is 2.53. The van der Waals surface area contributed by atoms with Crippen LogP contribution in [-0.4, -0.2) is 26.3 Å². The van der Waals surface area contributed by atoms with Crippen LogP contribution in [0, 0.1) is 5.21 Å². The molecule has 0 saturated heterocycles. The molecule has 0 radical (unpaired) electrons. The average Bonchev–Trinajstić information content (AvgIpc) is 2.67. The second-order valence-corrected chi connectivity index (χ2v) is 6.83. The lowest BCUT2D eigenvalue weighted by Crippen LogP contribution is -2.44. The van der Waals surface area contributed by atoms with Crippen LogP contribution >= 0.6 is 23.2 Å². The van der Waals surface area contributed by atoms with Crippen molar-refractivity contribution >= 4 is 28.9 Å². The zero-order valence-electron chi connectivity index (χ0n) is 12.7. The highest BCUT2D eigenvalue weighted by molar-refractivity contribution is 6.35. The van der Waals surface area contributed by atoms with Crippen LogP contribution in [0.15, 0.2) is 48.5 Å². The Labute approximate surface area is 144 Å². The zero-order valence-corrected chi connectivity index (χ0v) is 14.2. The Morgan fingerprint density at radius 2 is 1.78 bits per heavy atom. The van der Waals surface area contributed by atoms with Crippen molar-refractivity contribution in [1.29, 1.82) is 0 Å². The van der Waals surface area contributed by atoms with Gasteiger partial charge in [0.25, 0.3) is 6.17 Å². The van der Waals surface area contributed by atoms with E-state index in [9.17, 15) is 10.4 Å². The van der Waals surface area contributed by atoms with Gasteiger partial charge in [-0.3, -0.25) is 0 Å². The van der Waals surface area contributed by atoms with Crippen molar-refractivity contribution in [3.05, 3.63) is 74.9 Å². The summed E-state index contributed by atoms with van der Waals surface area (Å²) in [5, 5.41) is 25.5. The normalized spacial score (nSPS) is 21.0. The monoisotopic (exact) mass is 350 g/mol. The van der Waals surface area contributed by atoms with Gasteiger partial charge in [-0.2, -0.15) is 4.74 Å². The van der Waals surface area contributed by atoms with Gasteiger partial charge >= 0.3 is 0 Å². The lowest BCUT2D eigenvalue weighted by atomic mass is 9.93. The van der Waals surface area contributed by atoms with Gasteiger partial charge in [0, 0.05) is 10.6 Å². The number of hydrogen-bond acceptors (Lipinski definition) is 3. The van der Waals surface area contributed by atoms with Gasteiger partial charge in [-0.25, -0.2) is 0 Å². The molecule has 0 spiro atoms. The molecule has 23 heavy (non-hydrogen) atoms. The molecule has 1 heterocycles. The SMILES string of the molecule is CC1(C)C(c2ccccc2)=[N+]([O-])[C@H](c2ccc(Cl)cc2Cl)N1O. The van der Waals surface area contributed by atoms with Crippen LogP contribution in [0.3, 0.4) is 0 Å². The smallest absolute Gasteiger partial charge is 0.269 e. The molecule has 6 heteroatoms. The first-order valence-corrected chi connectivity index (χ1v) is 7.92. The molecule has 1 aliphatic rings. The van der Waals surface area contributed by atoms with Gasteiger partial charge in [0.15, 0.2) is 0 Å². The van der Waals surface area contributed by atoms with E-state index in [0.717, 1.165) is 15.4 Å².